The molecule has 1 saturated heterocycles. The van der Waals surface area contributed by atoms with Gasteiger partial charge in [0.1, 0.15) is 0 Å². The van der Waals surface area contributed by atoms with E-state index in [0.717, 1.165) is 18.9 Å². The van der Waals surface area contributed by atoms with Gasteiger partial charge in [-0.3, -0.25) is 0 Å². The molecule has 2 aliphatic rings. The van der Waals surface area contributed by atoms with Crippen LogP contribution in [0.1, 0.15) is 37.3 Å². The van der Waals surface area contributed by atoms with Crippen molar-refractivity contribution in [3.05, 3.63) is 35.4 Å². The number of nitrogens with one attached hydrogen (secondary N) is 1. The van der Waals surface area contributed by atoms with E-state index in [1.54, 1.807) is 0 Å². The first kappa shape index (κ1) is 12.7. The number of hydrogen-bond acceptors (Lipinski definition) is 3. The molecule has 1 N–H and O–H groups in total. The van der Waals surface area contributed by atoms with E-state index in [2.05, 4.69) is 46.6 Å². The molecule has 3 nitrogen and oxygen atoms in total. The minimum atomic E-state index is 0.800. The Morgan fingerprint density at radius 3 is 2.84 bits per heavy atom. The standard InChI is InChI=1S/C16H23N3/c1-2-19-9-7-13(8-10-19)11-16-15-6-4-3-5-14(15)12-17-18-16/h3-6,13,17H,2,7-12H2,1H3. The monoisotopic (exact) mass is 257 g/mol. The van der Waals surface area contributed by atoms with Crippen LogP contribution in [0.2, 0.25) is 0 Å². The van der Waals surface area contributed by atoms with E-state index in [1.807, 2.05) is 0 Å². The third-order valence-corrected chi connectivity index (χ3v) is 4.45. The predicted octanol–water partition coefficient (Wildman–Crippen LogP) is 2.62. The minimum absolute atomic E-state index is 0.800. The summed E-state index contributed by atoms with van der Waals surface area (Å²) in [4.78, 5) is 2.55. The summed E-state index contributed by atoms with van der Waals surface area (Å²) in [6.07, 6.45) is 3.76. The molecule has 0 bridgehead atoms. The van der Waals surface area contributed by atoms with Crippen LogP contribution >= 0.6 is 0 Å². The Balaban J connectivity index is 1.66. The zero-order valence-electron chi connectivity index (χ0n) is 11.7. The summed E-state index contributed by atoms with van der Waals surface area (Å²) in [6.45, 7) is 6.82. The van der Waals surface area contributed by atoms with Crippen molar-refractivity contribution >= 4 is 5.71 Å². The van der Waals surface area contributed by atoms with Crippen molar-refractivity contribution in [2.75, 3.05) is 19.6 Å². The van der Waals surface area contributed by atoms with Crippen LogP contribution in [-0.4, -0.2) is 30.2 Å². The van der Waals surface area contributed by atoms with Gasteiger partial charge in [-0.2, -0.15) is 5.10 Å². The predicted molar refractivity (Wildman–Crippen MR) is 79.3 cm³/mol. The normalized spacial score (nSPS) is 20.6. The van der Waals surface area contributed by atoms with Gasteiger partial charge < -0.3 is 10.3 Å². The molecule has 0 unspecified atom stereocenters. The molecule has 1 aromatic carbocycles. The largest absolute Gasteiger partial charge is 0.305 e. The molecule has 0 spiro atoms. The first-order valence-corrected chi connectivity index (χ1v) is 7.47. The van der Waals surface area contributed by atoms with Crippen LogP contribution in [0, 0.1) is 5.92 Å². The number of likely N-dealkylation sites (tertiary alicyclic amines) is 1. The number of benzene rings is 1. The number of fused-ring (bicyclic) bond motifs is 1. The fraction of sp³-hybridized carbons (Fsp3) is 0.562. The van der Waals surface area contributed by atoms with Crippen LogP contribution in [0.5, 0.6) is 0 Å². The number of rotatable bonds is 3. The second kappa shape index (κ2) is 5.74. The van der Waals surface area contributed by atoms with Crippen LogP contribution in [0.25, 0.3) is 0 Å². The van der Waals surface area contributed by atoms with E-state index in [0.29, 0.717) is 0 Å². The van der Waals surface area contributed by atoms with E-state index in [1.165, 1.54) is 49.3 Å². The van der Waals surface area contributed by atoms with E-state index >= 15 is 0 Å². The second-order valence-electron chi connectivity index (χ2n) is 5.63. The lowest BCUT2D eigenvalue weighted by Crippen LogP contribution is -2.34. The van der Waals surface area contributed by atoms with Crippen molar-refractivity contribution in [1.29, 1.82) is 0 Å². The highest BCUT2D eigenvalue weighted by molar-refractivity contribution is 6.02. The SMILES string of the molecule is CCN1CCC(CC2=NNCc3ccccc32)CC1. The highest BCUT2D eigenvalue weighted by atomic mass is 15.3. The quantitative estimate of drug-likeness (QED) is 0.901. The van der Waals surface area contributed by atoms with Gasteiger partial charge in [0.05, 0.1) is 12.3 Å². The summed E-state index contributed by atoms with van der Waals surface area (Å²) in [5.74, 6) is 0.800. The Hall–Kier alpha value is -1.35. The zero-order chi connectivity index (χ0) is 13.1. The molecule has 2 heterocycles. The molecule has 0 saturated carbocycles. The third-order valence-electron chi connectivity index (χ3n) is 4.45. The minimum Gasteiger partial charge on any atom is -0.305 e. The van der Waals surface area contributed by atoms with Gasteiger partial charge in [0.2, 0.25) is 0 Å². The molecular weight excluding hydrogens is 234 g/mol. The van der Waals surface area contributed by atoms with Crippen LogP contribution in [0.4, 0.5) is 0 Å². The van der Waals surface area contributed by atoms with Crippen LogP contribution in [-0.2, 0) is 6.54 Å². The van der Waals surface area contributed by atoms with Crippen molar-refractivity contribution in [3.63, 3.8) is 0 Å². The van der Waals surface area contributed by atoms with Crippen LogP contribution < -0.4 is 5.43 Å². The molecule has 19 heavy (non-hydrogen) atoms. The van der Waals surface area contributed by atoms with Crippen molar-refractivity contribution in [1.82, 2.24) is 10.3 Å². The molecule has 0 aromatic heterocycles. The van der Waals surface area contributed by atoms with Gasteiger partial charge in [0.25, 0.3) is 0 Å². The molecular formula is C16H23N3. The average Bonchev–Trinajstić information content (AvgIpc) is 2.48. The van der Waals surface area contributed by atoms with Crippen LogP contribution in [0.15, 0.2) is 29.4 Å². The fourth-order valence-electron chi connectivity index (χ4n) is 3.17. The van der Waals surface area contributed by atoms with Gasteiger partial charge in [0, 0.05) is 5.56 Å². The summed E-state index contributed by atoms with van der Waals surface area (Å²) >= 11 is 0. The molecule has 3 heteroatoms. The molecule has 3 rings (SSSR count). The molecule has 102 valence electrons. The van der Waals surface area contributed by atoms with Gasteiger partial charge in [-0.1, -0.05) is 31.2 Å². The Labute approximate surface area is 115 Å². The molecule has 2 aliphatic heterocycles. The fourth-order valence-corrected chi connectivity index (χ4v) is 3.17. The molecule has 0 radical (unpaired) electrons. The summed E-state index contributed by atoms with van der Waals surface area (Å²) in [5, 5.41) is 4.56. The van der Waals surface area contributed by atoms with Gasteiger partial charge in [-0.15, -0.1) is 0 Å². The van der Waals surface area contributed by atoms with Crippen molar-refractivity contribution in [2.24, 2.45) is 11.0 Å². The van der Waals surface area contributed by atoms with Gasteiger partial charge in [0.15, 0.2) is 0 Å². The Morgan fingerprint density at radius 1 is 1.26 bits per heavy atom. The Kier molecular flexibility index (Phi) is 3.83. The lowest BCUT2D eigenvalue weighted by atomic mass is 9.88. The summed E-state index contributed by atoms with van der Waals surface area (Å²) in [7, 11) is 0. The van der Waals surface area contributed by atoms with Gasteiger partial charge in [-0.05, 0) is 50.4 Å². The van der Waals surface area contributed by atoms with E-state index in [4.69, 9.17) is 0 Å². The van der Waals surface area contributed by atoms with Gasteiger partial charge in [-0.25, -0.2) is 0 Å². The topological polar surface area (TPSA) is 27.6 Å². The lowest BCUT2D eigenvalue weighted by molar-refractivity contribution is 0.195. The van der Waals surface area contributed by atoms with Crippen molar-refractivity contribution in [2.45, 2.75) is 32.7 Å². The number of piperidine rings is 1. The maximum absolute atomic E-state index is 4.56. The van der Waals surface area contributed by atoms with Crippen LogP contribution in [0.3, 0.4) is 0 Å². The highest BCUT2D eigenvalue weighted by Gasteiger charge is 2.22. The maximum Gasteiger partial charge on any atom is 0.0681 e. The Bertz CT molecular complexity index is 459. The van der Waals surface area contributed by atoms with Gasteiger partial charge >= 0.3 is 0 Å². The second-order valence-corrected chi connectivity index (χ2v) is 5.63. The van der Waals surface area contributed by atoms with E-state index < -0.39 is 0 Å². The first-order chi connectivity index (χ1) is 9.36. The average molecular weight is 257 g/mol. The molecule has 1 aromatic rings. The van der Waals surface area contributed by atoms with E-state index in [-0.39, 0.29) is 0 Å². The molecule has 0 atom stereocenters. The molecule has 0 aliphatic carbocycles. The first-order valence-electron chi connectivity index (χ1n) is 7.47. The smallest absolute Gasteiger partial charge is 0.0681 e. The summed E-state index contributed by atoms with van der Waals surface area (Å²) in [6, 6.07) is 8.66. The van der Waals surface area contributed by atoms with Crippen molar-refractivity contribution < 1.29 is 0 Å². The lowest BCUT2D eigenvalue weighted by Gasteiger charge is -2.31. The highest BCUT2D eigenvalue weighted by Crippen LogP contribution is 2.25. The zero-order valence-corrected chi connectivity index (χ0v) is 11.7. The number of hydrogen-bond donors (Lipinski definition) is 1. The molecule has 1 fully saturated rings. The summed E-state index contributed by atoms with van der Waals surface area (Å²) in [5.41, 5.74) is 7.19. The number of nitrogens with zero attached hydrogens (tertiary/aromatic N) is 2. The molecule has 0 amide bonds. The third kappa shape index (κ3) is 2.81. The van der Waals surface area contributed by atoms with Crippen molar-refractivity contribution in [3.8, 4) is 0 Å². The van der Waals surface area contributed by atoms with E-state index in [9.17, 15) is 0 Å². The number of hydrazone groups is 1. The Morgan fingerprint density at radius 2 is 2.05 bits per heavy atom. The maximum atomic E-state index is 4.56. The summed E-state index contributed by atoms with van der Waals surface area (Å²) < 4.78 is 0.